The van der Waals surface area contributed by atoms with E-state index in [0.717, 1.165) is 0 Å². The summed E-state index contributed by atoms with van der Waals surface area (Å²) in [5, 5.41) is 9.62. The van der Waals surface area contributed by atoms with E-state index in [1.165, 1.54) is 18.2 Å². The van der Waals surface area contributed by atoms with Crippen molar-refractivity contribution < 1.29 is 19.0 Å². The second kappa shape index (κ2) is 5.96. The topological polar surface area (TPSA) is 46.5 Å². The van der Waals surface area contributed by atoms with Crippen LogP contribution in [0, 0.1) is 0 Å². The number of esters is 1. The molecule has 5 heteroatoms. The first-order valence-corrected chi connectivity index (χ1v) is 5.58. The molecule has 0 aliphatic rings. The molecule has 1 unspecified atom stereocenters. The van der Waals surface area contributed by atoms with Gasteiger partial charge >= 0.3 is 5.97 Å². The average molecular weight is 291 g/mol. The molecule has 1 aromatic carbocycles. The number of aliphatic hydroxyl groups excluding tert-OH is 1. The molecule has 0 radical (unpaired) electrons. The highest BCUT2D eigenvalue weighted by Crippen LogP contribution is 2.23. The van der Waals surface area contributed by atoms with Crippen molar-refractivity contribution in [2.75, 3.05) is 6.61 Å². The molecule has 1 atom stereocenters. The summed E-state index contributed by atoms with van der Waals surface area (Å²) < 4.78 is 17.6. The Morgan fingerprint density at radius 3 is 2.81 bits per heavy atom. The third-order valence-electron chi connectivity index (χ3n) is 2.05. The van der Waals surface area contributed by atoms with Gasteiger partial charge in [0.25, 0.3) is 0 Å². The first kappa shape index (κ1) is 13.1. The molecule has 0 spiro atoms. The predicted molar refractivity (Wildman–Crippen MR) is 60.5 cm³/mol. The van der Waals surface area contributed by atoms with E-state index in [4.69, 9.17) is 0 Å². The molecule has 0 amide bonds. The quantitative estimate of drug-likeness (QED) is 0.867. The van der Waals surface area contributed by atoms with Crippen LogP contribution in [0.5, 0.6) is 0 Å². The Labute approximate surface area is 101 Å². The zero-order valence-electron chi connectivity index (χ0n) is 8.74. The lowest BCUT2D eigenvalue weighted by atomic mass is 10.1. The molecular formula is C11H12BrFO3. The van der Waals surface area contributed by atoms with E-state index in [1.54, 1.807) is 6.92 Å². The Morgan fingerprint density at radius 2 is 2.31 bits per heavy atom. The van der Waals surface area contributed by atoms with Crippen molar-refractivity contribution in [2.45, 2.75) is 19.7 Å². The minimum absolute atomic E-state index is 0.208. The molecule has 1 aromatic rings. The third kappa shape index (κ3) is 3.02. The predicted octanol–water partition coefficient (Wildman–Crippen LogP) is 2.52. The maximum Gasteiger partial charge on any atom is 0.339 e. The molecule has 0 heterocycles. The lowest BCUT2D eigenvalue weighted by Crippen LogP contribution is -2.15. The summed E-state index contributed by atoms with van der Waals surface area (Å²) in [6, 6.07) is 4.53. The van der Waals surface area contributed by atoms with Gasteiger partial charge in [-0.25, -0.2) is 9.18 Å². The van der Waals surface area contributed by atoms with Crippen LogP contribution < -0.4 is 0 Å². The first-order valence-electron chi connectivity index (χ1n) is 4.79. The number of aliphatic hydroxyl groups is 1. The molecule has 1 N–H and O–H groups in total. The fraction of sp³-hybridized carbons (Fsp3) is 0.364. The molecule has 0 saturated carbocycles. The number of halogens is 2. The van der Waals surface area contributed by atoms with Crippen LogP contribution in [0.1, 0.15) is 24.2 Å². The average Bonchev–Trinajstić information content (AvgIpc) is 2.28. The Kier molecular flexibility index (Phi) is 4.89. The molecule has 0 saturated heterocycles. The third-order valence-corrected chi connectivity index (χ3v) is 2.78. The maximum absolute atomic E-state index is 12.4. The van der Waals surface area contributed by atoms with E-state index in [9.17, 15) is 14.3 Å². The van der Waals surface area contributed by atoms with Gasteiger partial charge in [-0.05, 0) is 24.1 Å². The Hall–Kier alpha value is -0.940. The highest BCUT2D eigenvalue weighted by molar-refractivity contribution is 9.10. The minimum atomic E-state index is -1.33. The minimum Gasteiger partial charge on any atom is -0.464 e. The number of hydrogen-bond donors (Lipinski definition) is 1. The van der Waals surface area contributed by atoms with Crippen LogP contribution in [-0.4, -0.2) is 17.7 Å². The number of benzene rings is 1. The van der Waals surface area contributed by atoms with Crippen molar-refractivity contribution >= 4 is 21.9 Å². The van der Waals surface area contributed by atoms with E-state index >= 15 is 0 Å². The highest BCUT2D eigenvalue weighted by Gasteiger charge is 2.19. The summed E-state index contributed by atoms with van der Waals surface area (Å²) in [5.41, 5.74) is 0.849. The fourth-order valence-electron chi connectivity index (χ4n) is 1.20. The molecule has 0 aliphatic heterocycles. The summed E-state index contributed by atoms with van der Waals surface area (Å²) in [4.78, 5) is 11.2. The van der Waals surface area contributed by atoms with Gasteiger partial charge in [0, 0.05) is 4.47 Å². The van der Waals surface area contributed by atoms with Gasteiger partial charge < -0.3 is 9.84 Å². The van der Waals surface area contributed by atoms with Crippen LogP contribution in [0.4, 0.5) is 4.39 Å². The lowest BCUT2D eigenvalue weighted by molar-refractivity contribution is -0.153. The molecule has 0 fully saturated rings. The number of alkyl halides is 1. The number of ether oxygens (including phenoxy) is 1. The molecule has 0 aromatic heterocycles. The van der Waals surface area contributed by atoms with E-state index in [1.807, 2.05) is 0 Å². The van der Waals surface area contributed by atoms with Crippen LogP contribution in [0.25, 0.3) is 0 Å². The summed E-state index contributed by atoms with van der Waals surface area (Å²) >= 11 is 3.16. The summed E-state index contributed by atoms with van der Waals surface area (Å²) in [6.45, 7) is 1.27. The van der Waals surface area contributed by atoms with Crippen LogP contribution in [0.15, 0.2) is 22.7 Å². The van der Waals surface area contributed by atoms with Crippen LogP contribution in [0.3, 0.4) is 0 Å². The van der Waals surface area contributed by atoms with Gasteiger partial charge in [-0.1, -0.05) is 28.1 Å². The fourth-order valence-corrected chi connectivity index (χ4v) is 1.70. The Bertz CT molecular complexity index is 381. The summed E-state index contributed by atoms with van der Waals surface area (Å²) in [5.74, 6) is -0.706. The smallest absolute Gasteiger partial charge is 0.339 e. The normalized spacial score (nSPS) is 12.2. The first-order chi connectivity index (χ1) is 7.60. The van der Waals surface area contributed by atoms with Gasteiger partial charge in [0.2, 0.25) is 0 Å². The number of carbonyl (C=O) groups excluding carboxylic acids is 1. The zero-order chi connectivity index (χ0) is 12.1. The zero-order valence-corrected chi connectivity index (χ0v) is 10.3. The Balaban J connectivity index is 2.88. The molecule has 16 heavy (non-hydrogen) atoms. The monoisotopic (exact) mass is 290 g/mol. The van der Waals surface area contributed by atoms with E-state index in [2.05, 4.69) is 20.7 Å². The molecule has 1 rings (SSSR count). The van der Waals surface area contributed by atoms with Crippen LogP contribution in [-0.2, 0) is 16.2 Å². The molecule has 3 nitrogen and oxygen atoms in total. The van der Waals surface area contributed by atoms with Crippen LogP contribution in [0.2, 0.25) is 0 Å². The number of carbonyl (C=O) groups is 1. The van der Waals surface area contributed by atoms with Gasteiger partial charge in [-0.2, -0.15) is 0 Å². The molecule has 88 valence electrons. The second-order valence-corrected chi connectivity index (χ2v) is 3.99. The van der Waals surface area contributed by atoms with Crippen molar-refractivity contribution in [3.63, 3.8) is 0 Å². The van der Waals surface area contributed by atoms with Gasteiger partial charge in [-0.3, -0.25) is 0 Å². The van der Waals surface area contributed by atoms with Gasteiger partial charge in [0.05, 0.1) is 6.61 Å². The standard InChI is InChI=1S/C11H12BrFO3/c1-2-16-11(15)10(14)7-3-4-8(6-13)9(12)5-7/h3-5,10,14H,2,6H2,1H3. The van der Waals surface area contributed by atoms with E-state index in [-0.39, 0.29) is 6.61 Å². The maximum atomic E-state index is 12.4. The lowest BCUT2D eigenvalue weighted by Gasteiger charge is -2.11. The summed E-state index contributed by atoms with van der Waals surface area (Å²) in [6.07, 6.45) is -1.33. The SMILES string of the molecule is CCOC(=O)C(O)c1ccc(CF)c(Br)c1. The van der Waals surface area contributed by atoms with Crippen molar-refractivity contribution in [3.8, 4) is 0 Å². The van der Waals surface area contributed by atoms with Crippen molar-refractivity contribution in [2.24, 2.45) is 0 Å². The van der Waals surface area contributed by atoms with Crippen molar-refractivity contribution in [3.05, 3.63) is 33.8 Å². The van der Waals surface area contributed by atoms with E-state index < -0.39 is 18.7 Å². The molecule has 0 aliphatic carbocycles. The van der Waals surface area contributed by atoms with Crippen LogP contribution >= 0.6 is 15.9 Å². The highest BCUT2D eigenvalue weighted by atomic mass is 79.9. The van der Waals surface area contributed by atoms with Gasteiger partial charge in [0.15, 0.2) is 6.10 Å². The molecule has 0 bridgehead atoms. The van der Waals surface area contributed by atoms with Gasteiger partial charge in [0.1, 0.15) is 6.67 Å². The number of hydrogen-bond acceptors (Lipinski definition) is 3. The Morgan fingerprint density at radius 1 is 1.62 bits per heavy atom. The van der Waals surface area contributed by atoms with Gasteiger partial charge in [-0.15, -0.1) is 0 Å². The summed E-state index contributed by atoms with van der Waals surface area (Å²) in [7, 11) is 0. The van der Waals surface area contributed by atoms with E-state index in [0.29, 0.717) is 15.6 Å². The van der Waals surface area contributed by atoms with Crippen molar-refractivity contribution in [1.29, 1.82) is 0 Å². The van der Waals surface area contributed by atoms with Crippen molar-refractivity contribution in [1.82, 2.24) is 0 Å². The second-order valence-electron chi connectivity index (χ2n) is 3.14. The number of rotatable bonds is 4. The largest absolute Gasteiger partial charge is 0.464 e. The molecular weight excluding hydrogens is 279 g/mol.